The molecule has 0 radical (unpaired) electrons. The predicted molar refractivity (Wildman–Crippen MR) is 64.1 cm³/mol. The molecule has 2 atom stereocenters. The smallest absolute Gasteiger partial charge is 0.249 e. The van der Waals surface area contributed by atoms with Gasteiger partial charge in [-0.1, -0.05) is 12.8 Å². The molecule has 0 aromatic carbocycles. The Morgan fingerprint density at radius 2 is 2.06 bits per heavy atom. The molecule has 94 valence electrons. The van der Waals surface area contributed by atoms with E-state index in [1.165, 1.54) is 0 Å². The fourth-order valence-corrected chi connectivity index (χ4v) is 1.94. The normalized spacial score (nSPS) is 24.6. The number of unbranched alkanes of at least 4 members (excludes halogenated alkanes) is 3. The van der Waals surface area contributed by atoms with Crippen LogP contribution in [0.5, 0.6) is 0 Å². The van der Waals surface area contributed by atoms with E-state index in [4.69, 9.17) is 10.5 Å². The zero-order valence-corrected chi connectivity index (χ0v) is 10.2. The maximum Gasteiger partial charge on any atom is 0.249 e. The first-order chi connectivity index (χ1) is 7.74. The van der Waals surface area contributed by atoms with Crippen LogP contribution >= 0.6 is 0 Å². The van der Waals surface area contributed by atoms with Gasteiger partial charge in [0.1, 0.15) is 6.10 Å². The zero-order valence-electron chi connectivity index (χ0n) is 10.2. The Bertz CT molecular complexity index is 209. The second-order valence-corrected chi connectivity index (χ2v) is 4.51. The van der Waals surface area contributed by atoms with Crippen molar-refractivity contribution in [2.24, 2.45) is 5.73 Å². The number of nitrogens with two attached hydrogens (primary N) is 1. The summed E-state index contributed by atoms with van der Waals surface area (Å²) in [5.74, 6) is 0.0585. The van der Waals surface area contributed by atoms with E-state index < -0.39 is 0 Å². The van der Waals surface area contributed by atoms with Crippen LogP contribution in [-0.4, -0.2) is 31.2 Å². The first kappa shape index (κ1) is 13.5. The lowest BCUT2D eigenvalue weighted by Crippen LogP contribution is -2.35. The third-order valence-corrected chi connectivity index (χ3v) is 2.95. The predicted octanol–water partition coefficient (Wildman–Crippen LogP) is 1.19. The van der Waals surface area contributed by atoms with E-state index in [1.807, 2.05) is 6.92 Å². The average molecular weight is 228 g/mol. The standard InChI is InChI=1S/C12H24N2O2/c1-10-6-7-11(16-10)12(15)14-9-5-3-2-4-8-13/h10-11H,2-9,13H2,1H3,(H,14,15). The molecule has 1 rings (SSSR count). The maximum atomic E-state index is 11.6. The van der Waals surface area contributed by atoms with Gasteiger partial charge in [-0.2, -0.15) is 0 Å². The highest BCUT2D eigenvalue weighted by Gasteiger charge is 2.27. The molecule has 1 heterocycles. The van der Waals surface area contributed by atoms with Gasteiger partial charge in [-0.15, -0.1) is 0 Å². The third kappa shape index (κ3) is 4.94. The molecule has 0 aliphatic carbocycles. The van der Waals surface area contributed by atoms with Crippen LogP contribution in [-0.2, 0) is 9.53 Å². The monoisotopic (exact) mass is 228 g/mol. The lowest BCUT2D eigenvalue weighted by Gasteiger charge is -2.11. The Labute approximate surface area is 97.9 Å². The molecule has 1 fully saturated rings. The molecule has 0 spiro atoms. The van der Waals surface area contributed by atoms with Gasteiger partial charge >= 0.3 is 0 Å². The van der Waals surface area contributed by atoms with Crippen molar-refractivity contribution < 1.29 is 9.53 Å². The van der Waals surface area contributed by atoms with Gasteiger partial charge in [-0.25, -0.2) is 0 Å². The molecule has 1 amide bonds. The lowest BCUT2D eigenvalue weighted by molar-refractivity contribution is -0.131. The second-order valence-electron chi connectivity index (χ2n) is 4.51. The van der Waals surface area contributed by atoms with Crippen LogP contribution in [0.2, 0.25) is 0 Å². The first-order valence-electron chi connectivity index (χ1n) is 6.37. The van der Waals surface area contributed by atoms with Crippen molar-refractivity contribution in [1.82, 2.24) is 5.32 Å². The number of rotatable bonds is 7. The summed E-state index contributed by atoms with van der Waals surface area (Å²) < 4.78 is 5.49. The van der Waals surface area contributed by atoms with Crippen molar-refractivity contribution in [3.05, 3.63) is 0 Å². The molecule has 3 N–H and O–H groups in total. The molecule has 2 unspecified atom stereocenters. The summed E-state index contributed by atoms with van der Waals surface area (Å²) in [6.45, 7) is 3.54. The molecule has 16 heavy (non-hydrogen) atoms. The number of hydrogen-bond acceptors (Lipinski definition) is 3. The van der Waals surface area contributed by atoms with Crippen molar-refractivity contribution in [3.8, 4) is 0 Å². The molecular formula is C12H24N2O2. The first-order valence-corrected chi connectivity index (χ1v) is 6.37. The van der Waals surface area contributed by atoms with Crippen molar-refractivity contribution >= 4 is 5.91 Å². The molecule has 4 heteroatoms. The van der Waals surface area contributed by atoms with Crippen LogP contribution in [0.3, 0.4) is 0 Å². The molecule has 0 aromatic heterocycles. The average Bonchev–Trinajstić information content (AvgIpc) is 2.70. The topological polar surface area (TPSA) is 64.4 Å². The van der Waals surface area contributed by atoms with Gasteiger partial charge in [-0.3, -0.25) is 4.79 Å². The Hall–Kier alpha value is -0.610. The van der Waals surface area contributed by atoms with E-state index in [-0.39, 0.29) is 18.1 Å². The van der Waals surface area contributed by atoms with Gasteiger partial charge in [0.15, 0.2) is 0 Å². The van der Waals surface area contributed by atoms with Gasteiger partial charge in [0.2, 0.25) is 5.91 Å². The Morgan fingerprint density at radius 3 is 2.69 bits per heavy atom. The number of nitrogens with one attached hydrogen (secondary N) is 1. The van der Waals surface area contributed by atoms with Crippen molar-refractivity contribution in [1.29, 1.82) is 0 Å². The van der Waals surface area contributed by atoms with Crippen LogP contribution in [0.25, 0.3) is 0 Å². The number of carbonyl (C=O) groups excluding carboxylic acids is 1. The summed E-state index contributed by atoms with van der Waals surface area (Å²) in [4.78, 5) is 11.6. The quantitative estimate of drug-likeness (QED) is 0.643. The third-order valence-electron chi connectivity index (χ3n) is 2.95. The van der Waals surface area contributed by atoms with E-state index in [9.17, 15) is 4.79 Å². The molecule has 1 aliphatic rings. The van der Waals surface area contributed by atoms with Crippen LogP contribution in [0.15, 0.2) is 0 Å². The van der Waals surface area contributed by atoms with Crippen molar-refractivity contribution in [3.63, 3.8) is 0 Å². The summed E-state index contributed by atoms with van der Waals surface area (Å²) in [5, 5.41) is 2.93. The molecule has 1 aliphatic heterocycles. The van der Waals surface area contributed by atoms with Gasteiger partial charge in [0, 0.05) is 6.54 Å². The van der Waals surface area contributed by atoms with Crippen LogP contribution in [0.4, 0.5) is 0 Å². The number of ether oxygens (including phenoxy) is 1. The number of carbonyl (C=O) groups is 1. The van der Waals surface area contributed by atoms with Crippen LogP contribution < -0.4 is 11.1 Å². The second kappa shape index (κ2) is 7.63. The van der Waals surface area contributed by atoms with E-state index >= 15 is 0 Å². The molecule has 1 saturated heterocycles. The summed E-state index contributed by atoms with van der Waals surface area (Å²) in [5.41, 5.74) is 5.40. The van der Waals surface area contributed by atoms with Gasteiger partial charge in [0.25, 0.3) is 0 Å². The highest BCUT2D eigenvalue weighted by molar-refractivity contribution is 5.80. The Balaban J connectivity index is 1.98. The minimum absolute atomic E-state index is 0.0585. The summed E-state index contributed by atoms with van der Waals surface area (Å²) in [7, 11) is 0. The Morgan fingerprint density at radius 1 is 1.31 bits per heavy atom. The van der Waals surface area contributed by atoms with Gasteiger partial charge in [0.05, 0.1) is 6.10 Å². The molecule has 0 saturated carbocycles. The fraction of sp³-hybridized carbons (Fsp3) is 0.917. The van der Waals surface area contributed by atoms with E-state index in [2.05, 4.69) is 5.32 Å². The van der Waals surface area contributed by atoms with Crippen LogP contribution in [0, 0.1) is 0 Å². The largest absolute Gasteiger partial charge is 0.365 e. The summed E-state index contributed by atoms with van der Waals surface area (Å²) >= 11 is 0. The molecular weight excluding hydrogens is 204 g/mol. The van der Waals surface area contributed by atoms with E-state index in [0.29, 0.717) is 0 Å². The number of hydrogen-bond donors (Lipinski definition) is 2. The highest BCUT2D eigenvalue weighted by Crippen LogP contribution is 2.18. The van der Waals surface area contributed by atoms with Crippen molar-refractivity contribution in [2.75, 3.05) is 13.1 Å². The maximum absolute atomic E-state index is 11.6. The number of amides is 1. The minimum atomic E-state index is -0.209. The molecule has 0 aromatic rings. The summed E-state index contributed by atoms with van der Waals surface area (Å²) in [6, 6.07) is 0. The highest BCUT2D eigenvalue weighted by atomic mass is 16.5. The van der Waals surface area contributed by atoms with Gasteiger partial charge in [-0.05, 0) is 39.2 Å². The minimum Gasteiger partial charge on any atom is -0.365 e. The zero-order chi connectivity index (χ0) is 11.8. The van der Waals surface area contributed by atoms with Crippen LogP contribution in [0.1, 0.15) is 45.4 Å². The lowest BCUT2D eigenvalue weighted by atomic mass is 10.2. The fourth-order valence-electron chi connectivity index (χ4n) is 1.94. The molecule has 4 nitrogen and oxygen atoms in total. The SMILES string of the molecule is CC1CCC(C(=O)NCCCCCCN)O1. The van der Waals surface area contributed by atoms with E-state index in [0.717, 1.165) is 51.6 Å². The van der Waals surface area contributed by atoms with Gasteiger partial charge < -0.3 is 15.8 Å². The Kier molecular flexibility index (Phi) is 6.42. The summed E-state index contributed by atoms with van der Waals surface area (Å²) in [6.07, 6.45) is 6.29. The van der Waals surface area contributed by atoms with E-state index in [1.54, 1.807) is 0 Å². The molecule has 0 bridgehead atoms. The van der Waals surface area contributed by atoms with Crippen molar-refractivity contribution in [2.45, 2.75) is 57.7 Å².